The molecule has 0 spiro atoms. The molecule has 3 saturated carbocycles. The van der Waals surface area contributed by atoms with Crippen molar-refractivity contribution in [1.82, 2.24) is 10.0 Å². The van der Waals surface area contributed by atoms with Crippen LogP contribution in [0.2, 0.25) is 0 Å². The lowest BCUT2D eigenvalue weighted by molar-refractivity contribution is -0.127. The Hall–Kier alpha value is -1.93. The van der Waals surface area contributed by atoms with Crippen LogP contribution in [0.5, 0.6) is 0 Å². The third-order valence-corrected chi connectivity index (χ3v) is 9.64. The van der Waals surface area contributed by atoms with Gasteiger partial charge in [-0.15, -0.1) is 0 Å². The van der Waals surface area contributed by atoms with Gasteiger partial charge in [-0.1, -0.05) is 12.8 Å². The van der Waals surface area contributed by atoms with E-state index in [0.29, 0.717) is 19.0 Å². The molecule has 0 unspecified atom stereocenters. The number of nitrogens with one attached hydrogen (secondary N) is 2. The molecule has 0 radical (unpaired) electrons. The maximum atomic E-state index is 13.0. The summed E-state index contributed by atoms with van der Waals surface area (Å²) in [7, 11) is -3.62. The Kier molecular flexibility index (Phi) is 6.73. The number of amides is 2. The van der Waals surface area contributed by atoms with Crippen molar-refractivity contribution >= 4 is 27.5 Å². The first-order valence-electron chi connectivity index (χ1n) is 13.1. The number of benzene rings is 1. The average molecular weight is 488 g/mol. The van der Waals surface area contributed by atoms with Crippen LogP contribution in [0.25, 0.3) is 0 Å². The van der Waals surface area contributed by atoms with Crippen molar-refractivity contribution in [2.75, 3.05) is 11.4 Å². The lowest BCUT2D eigenvalue weighted by Gasteiger charge is -2.28. The molecule has 3 fully saturated rings. The fourth-order valence-electron chi connectivity index (χ4n) is 5.97. The maximum absolute atomic E-state index is 13.0. The van der Waals surface area contributed by atoms with Crippen LogP contribution in [0, 0.1) is 17.8 Å². The van der Waals surface area contributed by atoms with Gasteiger partial charge in [0.05, 0.1) is 4.90 Å². The standard InChI is InChI=1S/C26H37N3O4S/c1-17-14-21-15-23(12-13-24(21)29(17)26(31)20-10-11-20)34(32,33)27-16-18-6-8-19(9-7-18)25(30)28-22-4-2-3-5-22/h12-13,15,17-20,22,27H,2-11,14,16H2,1H3,(H,28,30)/t17-,18?,19?/m1/s1. The summed E-state index contributed by atoms with van der Waals surface area (Å²) in [6.45, 7) is 2.43. The lowest BCUT2D eigenvalue weighted by Crippen LogP contribution is -2.39. The van der Waals surface area contributed by atoms with Crippen LogP contribution in [0.1, 0.15) is 76.7 Å². The second-order valence-electron chi connectivity index (χ2n) is 10.9. The Bertz CT molecular complexity index is 1040. The van der Waals surface area contributed by atoms with Gasteiger partial charge in [0, 0.05) is 36.2 Å². The number of carbonyl (C=O) groups excluding carboxylic acids is 2. The van der Waals surface area contributed by atoms with Gasteiger partial charge in [-0.2, -0.15) is 0 Å². The molecular formula is C26H37N3O4S. The Morgan fingerprint density at radius 2 is 1.65 bits per heavy atom. The predicted molar refractivity (Wildman–Crippen MR) is 131 cm³/mol. The predicted octanol–water partition coefficient (Wildman–Crippen LogP) is 3.52. The van der Waals surface area contributed by atoms with E-state index in [2.05, 4.69) is 10.0 Å². The highest BCUT2D eigenvalue weighted by Gasteiger charge is 2.40. The van der Waals surface area contributed by atoms with Gasteiger partial charge in [-0.05, 0) is 94.4 Å². The summed E-state index contributed by atoms with van der Waals surface area (Å²) in [5.41, 5.74) is 1.79. The zero-order valence-electron chi connectivity index (χ0n) is 20.1. The van der Waals surface area contributed by atoms with Crippen molar-refractivity contribution in [1.29, 1.82) is 0 Å². The Labute approximate surface area is 203 Å². The van der Waals surface area contributed by atoms with Crippen molar-refractivity contribution in [3.05, 3.63) is 23.8 Å². The maximum Gasteiger partial charge on any atom is 0.240 e. The molecule has 4 aliphatic rings. The molecule has 1 heterocycles. The van der Waals surface area contributed by atoms with E-state index in [1.54, 1.807) is 18.2 Å². The van der Waals surface area contributed by atoms with Gasteiger partial charge in [0.25, 0.3) is 0 Å². The van der Waals surface area contributed by atoms with Gasteiger partial charge in [0.1, 0.15) is 0 Å². The molecule has 0 saturated heterocycles. The van der Waals surface area contributed by atoms with Gasteiger partial charge in [-0.25, -0.2) is 13.1 Å². The molecule has 2 amide bonds. The van der Waals surface area contributed by atoms with Crippen LogP contribution in [0.3, 0.4) is 0 Å². The number of anilines is 1. The quantitative estimate of drug-likeness (QED) is 0.615. The first kappa shape index (κ1) is 23.8. The molecule has 186 valence electrons. The van der Waals surface area contributed by atoms with E-state index in [1.807, 2.05) is 11.8 Å². The van der Waals surface area contributed by atoms with Crippen molar-refractivity contribution in [2.45, 2.75) is 94.5 Å². The SMILES string of the molecule is C[C@@H]1Cc2cc(S(=O)(=O)NCC3CCC(C(=O)NC4CCCC4)CC3)ccc2N1C(=O)C1CC1. The third kappa shape index (κ3) is 5.03. The molecule has 0 aromatic heterocycles. The molecule has 1 atom stereocenters. The Morgan fingerprint density at radius 3 is 2.32 bits per heavy atom. The summed E-state index contributed by atoms with van der Waals surface area (Å²) in [5, 5.41) is 3.21. The summed E-state index contributed by atoms with van der Waals surface area (Å²) in [6, 6.07) is 5.57. The molecule has 1 aliphatic heterocycles. The van der Waals surface area contributed by atoms with E-state index < -0.39 is 10.0 Å². The lowest BCUT2D eigenvalue weighted by atomic mass is 9.81. The summed E-state index contributed by atoms with van der Waals surface area (Å²) in [5.74, 6) is 0.822. The fourth-order valence-corrected chi connectivity index (χ4v) is 7.13. The van der Waals surface area contributed by atoms with E-state index in [1.165, 1.54) is 12.8 Å². The monoisotopic (exact) mass is 487 g/mol. The number of rotatable bonds is 7. The van der Waals surface area contributed by atoms with Crippen molar-refractivity contribution in [3.63, 3.8) is 0 Å². The van der Waals surface area contributed by atoms with Crippen LogP contribution >= 0.6 is 0 Å². The van der Waals surface area contributed by atoms with Gasteiger partial charge < -0.3 is 10.2 Å². The van der Waals surface area contributed by atoms with Gasteiger partial charge in [0.15, 0.2) is 0 Å². The zero-order chi connectivity index (χ0) is 23.9. The van der Waals surface area contributed by atoms with Gasteiger partial charge in [-0.3, -0.25) is 9.59 Å². The number of fused-ring (bicyclic) bond motifs is 1. The molecule has 7 nitrogen and oxygen atoms in total. The molecule has 3 aliphatic carbocycles. The topological polar surface area (TPSA) is 95.6 Å². The molecule has 34 heavy (non-hydrogen) atoms. The van der Waals surface area contributed by atoms with Crippen LogP contribution < -0.4 is 14.9 Å². The van der Waals surface area contributed by atoms with Crippen molar-refractivity contribution in [2.24, 2.45) is 17.8 Å². The van der Waals surface area contributed by atoms with E-state index >= 15 is 0 Å². The Balaban J connectivity index is 1.14. The van der Waals surface area contributed by atoms with Crippen molar-refractivity contribution in [3.8, 4) is 0 Å². The van der Waals surface area contributed by atoms with Gasteiger partial charge in [0.2, 0.25) is 21.8 Å². The van der Waals surface area contributed by atoms with Gasteiger partial charge >= 0.3 is 0 Å². The molecule has 8 heteroatoms. The van der Waals surface area contributed by atoms with Crippen LogP contribution in [-0.4, -0.2) is 38.9 Å². The fraction of sp³-hybridized carbons (Fsp3) is 0.692. The van der Waals surface area contributed by atoms with E-state index in [-0.39, 0.29) is 40.5 Å². The number of hydrogen-bond donors (Lipinski definition) is 2. The highest BCUT2D eigenvalue weighted by atomic mass is 32.2. The zero-order valence-corrected chi connectivity index (χ0v) is 20.9. The highest BCUT2D eigenvalue weighted by Crippen LogP contribution is 2.39. The van der Waals surface area contributed by atoms with E-state index in [9.17, 15) is 18.0 Å². The molecule has 0 bridgehead atoms. The summed E-state index contributed by atoms with van der Waals surface area (Å²) >= 11 is 0. The first-order chi connectivity index (χ1) is 16.3. The minimum Gasteiger partial charge on any atom is -0.353 e. The minimum atomic E-state index is -3.62. The summed E-state index contributed by atoms with van der Waals surface area (Å²) in [4.78, 5) is 27.3. The molecule has 5 rings (SSSR count). The average Bonchev–Trinajstić information content (AvgIpc) is 3.45. The molecule has 1 aromatic rings. The smallest absolute Gasteiger partial charge is 0.240 e. The van der Waals surface area contributed by atoms with Crippen molar-refractivity contribution < 1.29 is 18.0 Å². The highest BCUT2D eigenvalue weighted by molar-refractivity contribution is 7.89. The Morgan fingerprint density at radius 1 is 0.971 bits per heavy atom. The normalized spacial score (nSPS) is 27.6. The number of hydrogen-bond acceptors (Lipinski definition) is 4. The number of sulfonamides is 1. The minimum absolute atomic E-state index is 0.0634. The van der Waals surface area contributed by atoms with Crippen LogP contribution in [0.4, 0.5) is 5.69 Å². The molecule has 2 N–H and O–H groups in total. The second-order valence-corrected chi connectivity index (χ2v) is 12.7. The van der Waals surface area contributed by atoms with Crippen LogP contribution in [0.15, 0.2) is 23.1 Å². The van der Waals surface area contributed by atoms with E-state index in [0.717, 1.165) is 62.6 Å². The second kappa shape index (κ2) is 9.61. The first-order valence-corrected chi connectivity index (χ1v) is 14.6. The molecule has 1 aromatic carbocycles. The summed E-state index contributed by atoms with van der Waals surface area (Å²) in [6.07, 6.45) is 10.6. The van der Waals surface area contributed by atoms with Crippen LogP contribution in [-0.2, 0) is 26.0 Å². The van der Waals surface area contributed by atoms with E-state index in [4.69, 9.17) is 0 Å². The number of carbonyl (C=O) groups is 2. The third-order valence-electron chi connectivity index (χ3n) is 8.22. The summed E-state index contributed by atoms with van der Waals surface area (Å²) < 4.78 is 28.8. The number of nitrogens with zero attached hydrogens (tertiary/aromatic N) is 1. The molecular weight excluding hydrogens is 450 g/mol. The largest absolute Gasteiger partial charge is 0.353 e.